The molecule has 1 aliphatic carbocycles. The Kier molecular flexibility index (Phi) is 7.82. The van der Waals surface area contributed by atoms with E-state index in [9.17, 15) is 0 Å². The first kappa shape index (κ1) is 14.9. The summed E-state index contributed by atoms with van der Waals surface area (Å²) in [5.74, 6) is 1.80. The van der Waals surface area contributed by atoms with Crippen molar-refractivity contribution in [2.75, 3.05) is 33.5 Å². The molecule has 0 heterocycles. The van der Waals surface area contributed by atoms with Crippen LogP contribution in [0.25, 0.3) is 0 Å². The summed E-state index contributed by atoms with van der Waals surface area (Å²) in [5, 5.41) is 3.59. The van der Waals surface area contributed by atoms with Gasteiger partial charge in [0.1, 0.15) is 0 Å². The number of hydrogen-bond acceptors (Lipinski definition) is 3. The van der Waals surface area contributed by atoms with E-state index in [1.807, 2.05) is 0 Å². The third kappa shape index (κ3) is 6.39. The first-order chi connectivity index (χ1) is 8.24. The fraction of sp³-hybridized carbons (Fsp3) is 1.00. The predicted molar refractivity (Wildman–Crippen MR) is 71.3 cm³/mol. The lowest BCUT2D eigenvalue weighted by Gasteiger charge is -2.31. The number of hydrogen-bond donors (Lipinski definition) is 1. The second-order valence-corrected chi connectivity index (χ2v) is 5.42. The predicted octanol–water partition coefficient (Wildman–Crippen LogP) is 2.45. The van der Waals surface area contributed by atoms with Crippen LogP contribution in [0.1, 0.15) is 39.5 Å². The molecule has 1 aliphatic rings. The van der Waals surface area contributed by atoms with Crippen molar-refractivity contribution in [2.45, 2.75) is 45.6 Å². The molecule has 1 rings (SSSR count). The van der Waals surface area contributed by atoms with E-state index >= 15 is 0 Å². The molecule has 0 radical (unpaired) electrons. The third-order valence-corrected chi connectivity index (χ3v) is 3.83. The van der Waals surface area contributed by atoms with Crippen molar-refractivity contribution in [3.63, 3.8) is 0 Å². The molecular weight excluding hydrogens is 214 g/mol. The highest BCUT2D eigenvalue weighted by Crippen LogP contribution is 2.29. The lowest BCUT2D eigenvalue weighted by molar-refractivity contribution is 0.0700. The van der Waals surface area contributed by atoms with Gasteiger partial charge in [-0.15, -0.1) is 0 Å². The molecule has 0 aliphatic heterocycles. The van der Waals surface area contributed by atoms with E-state index in [4.69, 9.17) is 9.47 Å². The second-order valence-electron chi connectivity index (χ2n) is 5.42. The van der Waals surface area contributed by atoms with E-state index in [1.54, 1.807) is 7.11 Å². The molecule has 0 spiro atoms. The van der Waals surface area contributed by atoms with Crippen molar-refractivity contribution in [3.8, 4) is 0 Å². The van der Waals surface area contributed by atoms with Crippen LogP contribution in [0.2, 0.25) is 0 Å². The largest absolute Gasteiger partial charge is 0.382 e. The topological polar surface area (TPSA) is 30.5 Å². The van der Waals surface area contributed by atoms with Crippen LogP contribution in [0, 0.1) is 11.8 Å². The lowest BCUT2D eigenvalue weighted by atomic mass is 9.80. The summed E-state index contributed by atoms with van der Waals surface area (Å²) in [4.78, 5) is 0. The van der Waals surface area contributed by atoms with Crippen molar-refractivity contribution < 1.29 is 9.47 Å². The minimum Gasteiger partial charge on any atom is -0.382 e. The summed E-state index contributed by atoms with van der Waals surface area (Å²) in [6.07, 6.45) is 5.45. The molecule has 0 bridgehead atoms. The first-order valence-corrected chi connectivity index (χ1v) is 7.04. The Morgan fingerprint density at radius 2 is 1.76 bits per heavy atom. The van der Waals surface area contributed by atoms with Gasteiger partial charge in [-0.25, -0.2) is 0 Å². The highest BCUT2D eigenvalue weighted by molar-refractivity contribution is 4.78. The minimum atomic E-state index is 0.694. The van der Waals surface area contributed by atoms with Crippen LogP contribution < -0.4 is 5.32 Å². The van der Waals surface area contributed by atoms with Crippen LogP contribution in [0.5, 0.6) is 0 Å². The van der Waals surface area contributed by atoms with Crippen LogP contribution in [-0.4, -0.2) is 39.5 Å². The van der Waals surface area contributed by atoms with Gasteiger partial charge in [0.15, 0.2) is 0 Å². The van der Waals surface area contributed by atoms with Crippen molar-refractivity contribution in [2.24, 2.45) is 11.8 Å². The van der Waals surface area contributed by atoms with Gasteiger partial charge in [0.05, 0.1) is 19.8 Å². The quantitative estimate of drug-likeness (QED) is 0.664. The maximum Gasteiger partial charge on any atom is 0.0700 e. The first-order valence-electron chi connectivity index (χ1n) is 7.04. The van der Waals surface area contributed by atoms with Crippen molar-refractivity contribution >= 4 is 0 Å². The summed E-state index contributed by atoms with van der Waals surface area (Å²) >= 11 is 0. The van der Waals surface area contributed by atoms with Crippen molar-refractivity contribution in [3.05, 3.63) is 0 Å². The van der Waals surface area contributed by atoms with Crippen LogP contribution >= 0.6 is 0 Å². The number of ether oxygens (including phenoxy) is 2. The summed E-state index contributed by atoms with van der Waals surface area (Å²) in [6, 6.07) is 0.719. The molecule has 0 aromatic heterocycles. The van der Waals surface area contributed by atoms with Crippen LogP contribution in [0.4, 0.5) is 0 Å². The molecule has 0 saturated heterocycles. The van der Waals surface area contributed by atoms with Gasteiger partial charge in [0.2, 0.25) is 0 Å². The van der Waals surface area contributed by atoms with E-state index < -0.39 is 0 Å². The SMILES string of the molecule is COCCOCCNC1CCC(C(C)C)CC1. The van der Waals surface area contributed by atoms with E-state index in [1.165, 1.54) is 25.7 Å². The fourth-order valence-electron chi connectivity index (χ4n) is 2.57. The Labute approximate surface area is 106 Å². The molecule has 1 saturated carbocycles. The maximum atomic E-state index is 5.44. The summed E-state index contributed by atoms with van der Waals surface area (Å²) in [6.45, 7) is 7.87. The molecule has 102 valence electrons. The zero-order valence-electron chi connectivity index (χ0n) is 11.7. The summed E-state index contributed by atoms with van der Waals surface area (Å²) in [5.41, 5.74) is 0. The molecule has 1 N–H and O–H groups in total. The van der Waals surface area contributed by atoms with Gasteiger partial charge in [-0.05, 0) is 37.5 Å². The Bertz CT molecular complexity index is 177. The number of rotatable bonds is 8. The Hall–Kier alpha value is -0.120. The van der Waals surface area contributed by atoms with Crippen molar-refractivity contribution in [1.29, 1.82) is 0 Å². The normalized spacial score (nSPS) is 25.4. The highest BCUT2D eigenvalue weighted by atomic mass is 16.5. The minimum absolute atomic E-state index is 0.694. The van der Waals surface area contributed by atoms with Gasteiger partial charge >= 0.3 is 0 Å². The number of methoxy groups -OCH3 is 1. The molecule has 0 aromatic rings. The zero-order chi connectivity index (χ0) is 12.5. The molecule has 0 unspecified atom stereocenters. The van der Waals surface area contributed by atoms with Gasteiger partial charge in [0.25, 0.3) is 0 Å². The Balaban J connectivity index is 1.95. The van der Waals surface area contributed by atoms with Gasteiger partial charge in [-0.1, -0.05) is 13.8 Å². The van der Waals surface area contributed by atoms with E-state index in [-0.39, 0.29) is 0 Å². The molecule has 17 heavy (non-hydrogen) atoms. The van der Waals surface area contributed by atoms with Crippen LogP contribution in [0.3, 0.4) is 0 Å². The Morgan fingerprint density at radius 3 is 2.35 bits per heavy atom. The molecule has 0 aromatic carbocycles. The van der Waals surface area contributed by atoms with Gasteiger partial charge in [0, 0.05) is 19.7 Å². The average molecular weight is 243 g/mol. The van der Waals surface area contributed by atoms with Crippen LogP contribution in [-0.2, 0) is 9.47 Å². The van der Waals surface area contributed by atoms with Gasteiger partial charge < -0.3 is 14.8 Å². The molecule has 3 nitrogen and oxygen atoms in total. The highest BCUT2D eigenvalue weighted by Gasteiger charge is 2.22. The maximum absolute atomic E-state index is 5.44. The van der Waals surface area contributed by atoms with Crippen molar-refractivity contribution in [1.82, 2.24) is 5.32 Å². The van der Waals surface area contributed by atoms with E-state index in [0.717, 1.165) is 31.0 Å². The van der Waals surface area contributed by atoms with E-state index in [0.29, 0.717) is 13.2 Å². The van der Waals surface area contributed by atoms with Crippen LogP contribution in [0.15, 0.2) is 0 Å². The summed E-state index contributed by atoms with van der Waals surface area (Å²) < 4.78 is 10.4. The molecule has 0 atom stereocenters. The van der Waals surface area contributed by atoms with Gasteiger partial charge in [-0.2, -0.15) is 0 Å². The molecule has 0 amide bonds. The molecular formula is C14H29NO2. The second kappa shape index (κ2) is 8.90. The monoisotopic (exact) mass is 243 g/mol. The Morgan fingerprint density at radius 1 is 1.06 bits per heavy atom. The fourth-order valence-corrected chi connectivity index (χ4v) is 2.57. The van der Waals surface area contributed by atoms with E-state index in [2.05, 4.69) is 19.2 Å². The number of nitrogens with one attached hydrogen (secondary N) is 1. The third-order valence-electron chi connectivity index (χ3n) is 3.83. The molecule has 3 heteroatoms. The smallest absolute Gasteiger partial charge is 0.0700 e. The lowest BCUT2D eigenvalue weighted by Crippen LogP contribution is -2.36. The average Bonchev–Trinajstić information content (AvgIpc) is 2.34. The van der Waals surface area contributed by atoms with Gasteiger partial charge in [-0.3, -0.25) is 0 Å². The summed E-state index contributed by atoms with van der Waals surface area (Å²) in [7, 11) is 1.70. The zero-order valence-corrected chi connectivity index (χ0v) is 11.7. The molecule has 1 fully saturated rings. The standard InChI is InChI=1S/C14H29NO2/c1-12(2)13-4-6-14(7-5-13)15-8-9-17-11-10-16-3/h12-15H,4-11H2,1-3H3.